The number of nitrogens with one attached hydrogen (secondary N) is 1. The summed E-state index contributed by atoms with van der Waals surface area (Å²) in [6.07, 6.45) is -1.57. The lowest BCUT2D eigenvalue weighted by Gasteiger charge is -2.49. The number of likely N-dealkylation sites (N-methyl/N-ethyl adjacent to an activating group) is 1. The van der Waals surface area contributed by atoms with Gasteiger partial charge in [0, 0.05) is 17.9 Å². The van der Waals surface area contributed by atoms with E-state index in [9.17, 15) is 13.2 Å². The highest BCUT2D eigenvalue weighted by Crippen LogP contribution is 2.48. The molecule has 0 bridgehead atoms. The van der Waals surface area contributed by atoms with Gasteiger partial charge in [0.25, 0.3) is 0 Å². The van der Waals surface area contributed by atoms with E-state index in [1.807, 2.05) is 25.1 Å². The van der Waals surface area contributed by atoms with Crippen LogP contribution >= 0.6 is 0 Å². The molecule has 1 aromatic carbocycles. The zero-order valence-electron chi connectivity index (χ0n) is 11.8. The summed E-state index contributed by atoms with van der Waals surface area (Å²) >= 11 is 0. The number of hydrogen-bond acceptors (Lipinski definition) is 1. The third-order valence-electron chi connectivity index (χ3n) is 4.43. The fourth-order valence-electron chi connectivity index (χ4n) is 3.29. The molecule has 1 atom stereocenters. The number of alkyl halides is 3. The van der Waals surface area contributed by atoms with Gasteiger partial charge in [0.05, 0.1) is 0 Å². The zero-order chi connectivity index (χ0) is 14.6. The van der Waals surface area contributed by atoms with Crippen LogP contribution in [0.3, 0.4) is 0 Å². The van der Waals surface area contributed by atoms with Crippen LogP contribution in [0, 0.1) is 0 Å². The average Bonchev–Trinajstić information content (AvgIpc) is 2.35. The van der Waals surface area contributed by atoms with Gasteiger partial charge in [0.2, 0.25) is 0 Å². The van der Waals surface area contributed by atoms with E-state index in [0.29, 0.717) is 6.54 Å². The molecule has 1 nitrogen and oxygen atoms in total. The average molecular weight is 285 g/mol. The minimum absolute atomic E-state index is 0.0923. The predicted octanol–water partition coefficient (Wildman–Crippen LogP) is 4.43. The Morgan fingerprint density at radius 2 is 1.85 bits per heavy atom. The van der Waals surface area contributed by atoms with Gasteiger partial charge in [-0.15, -0.1) is 0 Å². The molecule has 0 amide bonds. The summed E-state index contributed by atoms with van der Waals surface area (Å²) in [5.74, 6) is 0. The monoisotopic (exact) mass is 285 g/mol. The third kappa shape index (κ3) is 3.35. The molecule has 1 fully saturated rings. The molecule has 1 N–H and O–H groups in total. The lowest BCUT2D eigenvalue weighted by Crippen LogP contribution is -2.53. The molecule has 1 saturated carbocycles. The van der Waals surface area contributed by atoms with Gasteiger partial charge >= 0.3 is 6.18 Å². The van der Waals surface area contributed by atoms with Crippen molar-refractivity contribution in [2.45, 2.75) is 56.7 Å². The molecule has 4 heteroatoms. The van der Waals surface area contributed by atoms with E-state index < -0.39 is 12.6 Å². The van der Waals surface area contributed by atoms with Gasteiger partial charge in [-0.2, -0.15) is 13.2 Å². The molecule has 0 saturated heterocycles. The van der Waals surface area contributed by atoms with E-state index in [1.165, 1.54) is 5.56 Å². The predicted molar refractivity (Wildman–Crippen MR) is 74.7 cm³/mol. The zero-order valence-corrected chi connectivity index (χ0v) is 11.8. The van der Waals surface area contributed by atoms with E-state index in [1.54, 1.807) is 0 Å². The van der Waals surface area contributed by atoms with Crippen molar-refractivity contribution >= 4 is 0 Å². The second kappa shape index (κ2) is 6.17. The Balaban J connectivity index is 2.17. The maximum atomic E-state index is 12.5. The third-order valence-corrected chi connectivity index (χ3v) is 4.43. The van der Waals surface area contributed by atoms with Crippen molar-refractivity contribution in [3.05, 3.63) is 35.9 Å². The van der Waals surface area contributed by atoms with Gasteiger partial charge in [-0.3, -0.25) is 0 Å². The molecule has 0 aromatic heterocycles. The molecule has 1 aliphatic rings. The molecule has 0 heterocycles. The number of hydrogen-bond donors (Lipinski definition) is 1. The van der Waals surface area contributed by atoms with Crippen molar-refractivity contribution in [1.82, 2.24) is 5.32 Å². The second-order valence-corrected chi connectivity index (χ2v) is 5.64. The SMILES string of the molecule is CCNC(CCC(F)(F)F)C1(c2ccccc2)CCC1. The number of rotatable bonds is 6. The molecular formula is C16H22F3N. The van der Waals surface area contributed by atoms with Crippen LogP contribution in [-0.2, 0) is 5.41 Å². The van der Waals surface area contributed by atoms with Crippen molar-refractivity contribution < 1.29 is 13.2 Å². The molecule has 2 rings (SSSR count). The van der Waals surface area contributed by atoms with E-state index >= 15 is 0 Å². The topological polar surface area (TPSA) is 12.0 Å². The minimum atomic E-state index is -4.07. The van der Waals surface area contributed by atoms with Crippen LogP contribution < -0.4 is 5.32 Å². The molecule has 1 aromatic rings. The minimum Gasteiger partial charge on any atom is -0.313 e. The van der Waals surface area contributed by atoms with Gasteiger partial charge in [0.1, 0.15) is 0 Å². The Morgan fingerprint density at radius 3 is 2.30 bits per heavy atom. The van der Waals surface area contributed by atoms with Gasteiger partial charge in [-0.1, -0.05) is 43.7 Å². The van der Waals surface area contributed by atoms with E-state index in [0.717, 1.165) is 19.3 Å². The van der Waals surface area contributed by atoms with Crippen LogP contribution in [0.2, 0.25) is 0 Å². The first kappa shape index (κ1) is 15.4. The Bertz CT molecular complexity index is 409. The van der Waals surface area contributed by atoms with E-state index in [-0.39, 0.29) is 17.9 Å². The van der Waals surface area contributed by atoms with Crippen LogP contribution in [0.5, 0.6) is 0 Å². The molecule has 0 aliphatic heterocycles. The van der Waals surface area contributed by atoms with Crippen molar-refractivity contribution in [2.75, 3.05) is 6.54 Å². The standard InChI is InChI=1S/C16H22F3N/c1-2-20-14(9-12-16(17,18)19)15(10-6-11-15)13-7-4-3-5-8-13/h3-5,7-8,14,20H,2,6,9-12H2,1H3. The maximum absolute atomic E-state index is 12.5. The van der Waals surface area contributed by atoms with Crippen LogP contribution in [0.25, 0.3) is 0 Å². The van der Waals surface area contributed by atoms with Crippen molar-refractivity contribution in [3.8, 4) is 0 Å². The van der Waals surface area contributed by atoms with Crippen molar-refractivity contribution in [3.63, 3.8) is 0 Å². The van der Waals surface area contributed by atoms with E-state index in [4.69, 9.17) is 0 Å². The highest BCUT2D eigenvalue weighted by molar-refractivity contribution is 5.30. The molecule has 20 heavy (non-hydrogen) atoms. The van der Waals surface area contributed by atoms with Crippen LogP contribution in [0.4, 0.5) is 13.2 Å². The Kier molecular flexibility index (Phi) is 4.74. The highest BCUT2D eigenvalue weighted by atomic mass is 19.4. The summed E-state index contributed by atoms with van der Waals surface area (Å²) in [7, 11) is 0. The lowest BCUT2D eigenvalue weighted by molar-refractivity contribution is -0.138. The normalized spacial score (nSPS) is 19.4. The summed E-state index contributed by atoms with van der Waals surface area (Å²) in [4.78, 5) is 0. The first-order chi connectivity index (χ1) is 9.48. The first-order valence-electron chi connectivity index (χ1n) is 7.33. The van der Waals surface area contributed by atoms with Crippen molar-refractivity contribution in [2.24, 2.45) is 0 Å². The fraction of sp³-hybridized carbons (Fsp3) is 0.625. The number of halogens is 3. The summed E-state index contributed by atoms with van der Waals surface area (Å²) in [5, 5.41) is 3.30. The first-order valence-corrected chi connectivity index (χ1v) is 7.33. The second-order valence-electron chi connectivity index (χ2n) is 5.64. The lowest BCUT2D eigenvalue weighted by atomic mass is 9.59. The molecular weight excluding hydrogens is 263 g/mol. The Labute approximate surface area is 118 Å². The Hall–Kier alpha value is -1.03. The number of benzene rings is 1. The Morgan fingerprint density at radius 1 is 1.20 bits per heavy atom. The van der Waals surface area contributed by atoms with Crippen molar-refractivity contribution in [1.29, 1.82) is 0 Å². The van der Waals surface area contributed by atoms with E-state index in [2.05, 4.69) is 17.4 Å². The highest BCUT2D eigenvalue weighted by Gasteiger charge is 2.45. The summed E-state index contributed by atoms with van der Waals surface area (Å²) in [6.45, 7) is 2.66. The van der Waals surface area contributed by atoms with Gasteiger partial charge < -0.3 is 5.32 Å². The van der Waals surface area contributed by atoms with Crippen LogP contribution in [0.15, 0.2) is 30.3 Å². The maximum Gasteiger partial charge on any atom is 0.389 e. The summed E-state index contributed by atoms with van der Waals surface area (Å²) in [5.41, 5.74) is 1.07. The largest absolute Gasteiger partial charge is 0.389 e. The summed E-state index contributed by atoms with van der Waals surface area (Å²) < 4.78 is 37.6. The van der Waals surface area contributed by atoms with Gasteiger partial charge in [-0.05, 0) is 31.4 Å². The smallest absolute Gasteiger partial charge is 0.313 e. The van der Waals surface area contributed by atoms with Crippen LogP contribution in [0.1, 0.15) is 44.6 Å². The molecule has 1 unspecified atom stereocenters. The molecule has 0 spiro atoms. The van der Waals surface area contributed by atoms with Crippen LogP contribution in [-0.4, -0.2) is 18.8 Å². The van der Waals surface area contributed by atoms with Gasteiger partial charge in [0.15, 0.2) is 0 Å². The van der Waals surface area contributed by atoms with Gasteiger partial charge in [-0.25, -0.2) is 0 Å². The molecule has 0 radical (unpaired) electrons. The summed E-state index contributed by atoms with van der Waals surface area (Å²) in [6, 6.07) is 9.91. The molecule has 1 aliphatic carbocycles. The molecule has 112 valence electrons. The fourth-order valence-corrected chi connectivity index (χ4v) is 3.29. The quantitative estimate of drug-likeness (QED) is 0.815.